The zero-order valence-electron chi connectivity index (χ0n) is 14.1. The second-order valence-corrected chi connectivity index (χ2v) is 5.40. The number of nitrogens with zero attached hydrogens (tertiary/aromatic N) is 5. The highest BCUT2D eigenvalue weighted by Crippen LogP contribution is 2.21. The van der Waals surface area contributed by atoms with Crippen LogP contribution >= 0.6 is 0 Å². The second kappa shape index (κ2) is 7.01. The summed E-state index contributed by atoms with van der Waals surface area (Å²) in [7, 11) is 0. The molecule has 0 saturated heterocycles. The molecule has 0 aliphatic rings. The molecule has 2 heterocycles. The van der Waals surface area contributed by atoms with E-state index < -0.39 is 0 Å². The molecule has 0 atom stereocenters. The van der Waals surface area contributed by atoms with Crippen molar-refractivity contribution in [3.63, 3.8) is 0 Å². The van der Waals surface area contributed by atoms with Gasteiger partial charge < -0.3 is 4.90 Å². The number of anilines is 1. The molecule has 1 N–H and O–H groups in total. The van der Waals surface area contributed by atoms with Crippen molar-refractivity contribution in [3.05, 3.63) is 48.2 Å². The van der Waals surface area contributed by atoms with E-state index in [-0.39, 0.29) is 11.6 Å². The lowest BCUT2D eigenvalue weighted by Crippen LogP contribution is -2.35. The predicted octanol–water partition coefficient (Wildman–Crippen LogP) is 3.17. The number of nitriles is 1. The lowest BCUT2D eigenvalue weighted by Gasteiger charge is -2.19. The topological polar surface area (TPSA) is 86.8 Å². The van der Waals surface area contributed by atoms with E-state index >= 15 is 0 Å². The summed E-state index contributed by atoms with van der Waals surface area (Å²) >= 11 is 0. The van der Waals surface area contributed by atoms with E-state index in [2.05, 4.69) is 21.5 Å². The Morgan fingerprint density at radius 1 is 1.24 bits per heavy atom. The summed E-state index contributed by atoms with van der Waals surface area (Å²) < 4.78 is 1.48. The number of hydrogen-bond donors (Lipinski definition) is 1. The van der Waals surface area contributed by atoms with E-state index in [1.165, 1.54) is 10.9 Å². The molecule has 2 aromatic heterocycles. The molecule has 126 valence electrons. The molecule has 1 aromatic carbocycles. The number of hydrogen-bond acceptors (Lipinski definition) is 4. The minimum Gasteiger partial charge on any atom is -0.325 e. The standard InChI is InChI=1S/C18H18N6O/c1-3-23(4-2)18(25)22-17-14(11-19)12-20-24(17)16-10-9-13-7-5-6-8-15(13)21-16/h5-10,12H,3-4H2,1-2H3,(H,22,25). The van der Waals surface area contributed by atoms with E-state index in [0.717, 1.165) is 10.9 Å². The number of fused-ring (bicyclic) bond motifs is 1. The van der Waals surface area contributed by atoms with E-state index in [1.807, 2.05) is 50.2 Å². The van der Waals surface area contributed by atoms with Crippen molar-refractivity contribution < 1.29 is 4.79 Å². The normalized spacial score (nSPS) is 10.4. The Morgan fingerprint density at radius 3 is 2.72 bits per heavy atom. The maximum atomic E-state index is 12.4. The van der Waals surface area contributed by atoms with Gasteiger partial charge in [-0.15, -0.1) is 0 Å². The summed E-state index contributed by atoms with van der Waals surface area (Å²) in [6.45, 7) is 4.95. The Bertz CT molecular complexity index is 952. The summed E-state index contributed by atoms with van der Waals surface area (Å²) in [6.07, 6.45) is 1.43. The van der Waals surface area contributed by atoms with Crippen molar-refractivity contribution in [2.45, 2.75) is 13.8 Å². The zero-order valence-corrected chi connectivity index (χ0v) is 14.1. The molecule has 0 radical (unpaired) electrons. The van der Waals surface area contributed by atoms with Crippen LogP contribution in [-0.2, 0) is 0 Å². The molecule has 0 fully saturated rings. The van der Waals surface area contributed by atoms with Crippen LogP contribution < -0.4 is 5.32 Å². The average Bonchev–Trinajstić information content (AvgIpc) is 3.05. The summed E-state index contributed by atoms with van der Waals surface area (Å²) in [5.74, 6) is 0.859. The molecule has 0 aliphatic heterocycles. The van der Waals surface area contributed by atoms with Gasteiger partial charge in [-0.3, -0.25) is 5.32 Å². The summed E-state index contributed by atoms with van der Waals surface area (Å²) in [4.78, 5) is 18.6. The number of aromatic nitrogens is 3. The number of nitrogens with one attached hydrogen (secondary N) is 1. The zero-order chi connectivity index (χ0) is 17.8. The van der Waals surface area contributed by atoms with Crippen molar-refractivity contribution >= 4 is 22.8 Å². The van der Waals surface area contributed by atoms with Gasteiger partial charge in [-0.05, 0) is 32.0 Å². The summed E-state index contributed by atoms with van der Waals surface area (Å²) in [5, 5.41) is 17.3. The van der Waals surface area contributed by atoms with E-state index in [1.54, 1.807) is 4.90 Å². The van der Waals surface area contributed by atoms with Gasteiger partial charge in [-0.25, -0.2) is 9.78 Å². The molecular weight excluding hydrogens is 316 g/mol. The van der Waals surface area contributed by atoms with Crippen molar-refractivity contribution in [2.75, 3.05) is 18.4 Å². The van der Waals surface area contributed by atoms with E-state index in [9.17, 15) is 10.1 Å². The SMILES string of the molecule is CCN(CC)C(=O)Nc1c(C#N)cnn1-c1ccc2ccccc2n1. The Labute approximate surface area is 145 Å². The van der Waals surface area contributed by atoms with Crippen molar-refractivity contribution in [3.8, 4) is 11.9 Å². The summed E-state index contributed by atoms with van der Waals surface area (Å²) in [5.41, 5.74) is 1.10. The molecule has 0 unspecified atom stereocenters. The maximum Gasteiger partial charge on any atom is 0.323 e. The third-order valence-electron chi connectivity index (χ3n) is 3.97. The number of carbonyl (C=O) groups excluding carboxylic acids is 1. The molecule has 0 bridgehead atoms. The van der Waals surface area contributed by atoms with E-state index in [4.69, 9.17) is 0 Å². The molecule has 7 heteroatoms. The van der Waals surface area contributed by atoms with Crippen LogP contribution in [0.4, 0.5) is 10.6 Å². The lowest BCUT2D eigenvalue weighted by molar-refractivity contribution is 0.217. The van der Waals surface area contributed by atoms with Crippen molar-refractivity contribution in [2.24, 2.45) is 0 Å². The first-order valence-corrected chi connectivity index (χ1v) is 8.08. The Kier molecular flexibility index (Phi) is 4.61. The average molecular weight is 334 g/mol. The highest BCUT2D eigenvalue weighted by Gasteiger charge is 2.18. The fraction of sp³-hybridized carbons (Fsp3) is 0.222. The minimum atomic E-state index is -0.274. The van der Waals surface area contributed by atoms with Gasteiger partial charge in [-0.2, -0.15) is 15.0 Å². The fourth-order valence-electron chi connectivity index (χ4n) is 2.59. The smallest absolute Gasteiger partial charge is 0.323 e. The van der Waals surface area contributed by atoms with Crippen LogP contribution in [-0.4, -0.2) is 38.8 Å². The van der Waals surface area contributed by atoms with Gasteiger partial charge in [-0.1, -0.05) is 18.2 Å². The molecule has 25 heavy (non-hydrogen) atoms. The number of pyridine rings is 1. The third-order valence-corrected chi connectivity index (χ3v) is 3.97. The number of urea groups is 1. The number of amides is 2. The molecule has 3 aromatic rings. The predicted molar refractivity (Wildman–Crippen MR) is 95.5 cm³/mol. The quantitative estimate of drug-likeness (QED) is 0.794. The minimum absolute atomic E-state index is 0.274. The van der Waals surface area contributed by atoms with Gasteiger partial charge in [0.05, 0.1) is 11.7 Å². The number of rotatable bonds is 4. The van der Waals surface area contributed by atoms with Gasteiger partial charge in [0.15, 0.2) is 11.6 Å². The third kappa shape index (κ3) is 3.15. The Hall–Kier alpha value is -3.40. The molecule has 0 spiro atoms. The first kappa shape index (κ1) is 16.5. The van der Waals surface area contributed by atoms with Gasteiger partial charge in [0, 0.05) is 18.5 Å². The van der Waals surface area contributed by atoms with Crippen LogP contribution in [0, 0.1) is 11.3 Å². The highest BCUT2D eigenvalue weighted by molar-refractivity contribution is 5.90. The van der Waals surface area contributed by atoms with Gasteiger partial charge in [0.25, 0.3) is 0 Å². The Balaban J connectivity index is 2.03. The van der Waals surface area contributed by atoms with Crippen molar-refractivity contribution in [1.29, 1.82) is 5.26 Å². The number of carbonyl (C=O) groups is 1. The van der Waals surface area contributed by atoms with Gasteiger partial charge in [0.1, 0.15) is 11.6 Å². The van der Waals surface area contributed by atoms with Crippen LogP contribution in [0.3, 0.4) is 0 Å². The molecule has 0 saturated carbocycles. The molecule has 7 nitrogen and oxygen atoms in total. The van der Waals surface area contributed by atoms with Crippen LogP contribution in [0.25, 0.3) is 16.7 Å². The maximum absolute atomic E-state index is 12.4. The first-order chi connectivity index (χ1) is 12.2. The monoisotopic (exact) mass is 334 g/mol. The van der Waals surface area contributed by atoms with Crippen LogP contribution in [0.2, 0.25) is 0 Å². The van der Waals surface area contributed by atoms with Crippen LogP contribution in [0.5, 0.6) is 0 Å². The second-order valence-electron chi connectivity index (χ2n) is 5.40. The van der Waals surface area contributed by atoms with Gasteiger partial charge >= 0.3 is 6.03 Å². The van der Waals surface area contributed by atoms with E-state index in [0.29, 0.717) is 24.7 Å². The Morgan fingerprint density at radius 2 is 2.00 bits per heavy atom. The number of para-hydroxylation sites is 1. The van der Waals surface area contributed by atoms with Crippen LogP contribution in [0.15, 0.2) is 42.6 Å². The molecule has 0 aliphatic carbocycles. The van der Waals surface area contributed by atoms with Gasteiger partial charge in [0.2, 0.25) is 0 Å². The highest BCUT2D eigenvalue weighted by atomic mass is 16.2. The fourth-order valence-corrected chi connectivity index (χ4v) is 2.59. The van der Waals surface area contributed by atoms with Crippen LogP contribution in [0.1, 0.15) is 19.4 Å². The largest absolute Gasteiger partial charge is 0.325 e. The van der Waals surface area contributed by atoms with Crippen molar-refractivity contribution in [1.82, 2.24) is 19.7 Å². The number of benzene rings is 1. The molecule has 3 rings (SSSR count). The molecule has 2 amide bonds. The first-order valence-electron chi connectivity index (χ1n) is 8.08. The lowest BCUT2D eigenvalue weighted by atomic mass is 10.2. The summed E-state index contributed by atoms with van der Waals surface area (Å²) in [6, 6.07) is 13.3. The molecular formula is C18H18N6O.